The second-order valence-electron chi connectivity index (χ2n) is 6.07. The maximum atomic E-state index is 12.5. The fourth-order valence-corrected chi connectivity index (χ4v) is 2.97. The molecule has 0 fully saturated rings. The maximum Gasteiger partial charge on any atom is 0.273 e. The van der Waals surface area contributed by atoms with E-state index in [1.165, 1.54) is 5.69 Å². The van der Waals surface area contributed by atoms with Gasteiger partial charge in [0.15, 0.2) is 0 Å². The summed E-state index contributed by atoms with van der Waals surface area (Å²) in [5.74, 6) is -0.240. The highest BCUT2D eigenvalue weighted by Gasteiger charge is 2.10. The highest BCUT2D eigenvalue weighted by Crippen LogP contribution is 2.15. The van der Waals surface area contributed by atoms with E-state index in [0.29, 0.717) is 5.56 Å². The van der Waals surface area contributed by atoms with Gasteiger partial charge in [-0.1, -0.05) is 24.3 Å². The number of aromatic nitrogens is 1. The van der Waals surface area contributed by atoms with E-state index < -0.39 is 0 Å². The summed E-state index contributed by atoms with van der Waals surface area (Å²) in [4.78, 5) is 14.8. The molecule has 0 saturated carbocycles. The molecule has 0 bridgehead atoms. The summed E-state index contributed by atoms with van der Waals surface area (Å²) in [6, 6.07) is 19.4. The second kappa shape index (κ2) is 8.85. The van der Waals surface area contributed by atoms with Crippen molar-refractivity contribution in [1.82, 2.24) is 9.99 Å². The molecule has 0 unspecified atom stereocenters. The number of carbonyl (C=O) groups is 1. The van der Waals surface area contributed by atoms with Crippen LogP contribution in [0.5, 0.6) is 0 Å². The lowest BCUT2D eigenvalue weighted by molar-refractivity contribution is 0.0955. The number of anilines is 1. The van der Waals surface area contributed by atoms with E-state index in [4.69, 9.17) is 0 Å². The van der Waals surface area contributed by atoms with Gasteiger partial charge in [-0.25, -0.2) is 5.43 Å². The van der Waals surface area contributed by atoms with Gasteiger partial charge in [0.05, 0.1) is 17.5 Å². The smallest absolute Gasteiger partial charge is 0.273 e. The molecular weight excluding hydrogens is 336 g/mol. The van der Waals surface area contributed by atoms with Crippen molar-refractivity contribution < 1.29 is 4.79 Å². The van der Waals surface area contributed by atoms with Gasteiger partial charge in [-0.2, -0.15) is 5.10 Å². The molecule has 3 aromatic rings. The summed E-state index contributed by atoms with van der Waals surface area (Å²) in [7, 11) is 0. The van der Waals surface area contributed by atoms with Gasteiger partial charge in [-0.15, -0.1) is 0 Å². The minimum Gasteiger partial charge on any atom is -0.372 e. The van der Waals surface area contributed by atoms with E-state index in [9.17, 15) is 4.79 Å². The zero-order chi connectivity index (χ0) is 19.1. The Kier molecular flexibility index (Phi) is 6.05. The number of amides is 1. The average molecular weight is 360 g/mol. The Morgan fingerprint density at radius 1 is 1.00 bits per heavy atom. The summed E-state index contributed by atoms with van der Waals surface area (Å²) in [6.45, 7) is 6.22. The number of hydrogen-bond donors (Lipinski definition) is 1. The van der Waals surface area contributed by atoms with Crippen molar-refractivity contribution >= 4 is 17.8 Å². The SMILES string of the molecule is CCN(CC)c1ccc(C=NNC(=O)c2ccccc2-n2cccc2)cc1. The van der Waals surface area contributed by atoms with Crippen molar-refractivity contribution in [2.45, 2.75) is 13.8 Å². The second-order valence-corrected chi connectivity index (χ2v) is 6.07. The minimum atomic E-state index is -0.240. The van der Waals surface area contributed by atoms with Crippen LogP contribution in [-0.4, -0.2) is 29.8 Å². The first kappa shape index (κ1) is 18.5. The Balaban J connectivity index is 1.68. The first-order chi connectivity index (χ1) is 13.2. The zero-order valence-corrected chi connectivity index (χ0v) is 15.7. The van der Waals surface area contributed by atoms with E-state index in [-0.39, 0.29) is 5.91 Å². The number of hydrogen-bond acceptors (Lipinski definition) is 3. The molecule has 138 valence electrons. The van der Waals surface area contributed by atoms with E-state index in [1.54, 1.807) is 12.3 Å². The van der Waals surface area contributed by atoms with Gasteiger partial charge >= 0.3 is 0 Å². The van der Waals surface area contributed by atoms with Crippen LogP contribution in [0.1, 0.15) is 29.8 Å². The van der Waals surface area contributed by atoms with Crippen LogP contribution in [0.15, 0.2) is 78.2 Å². The van der Waals surface area contributed by atoms with Crippen LogP contribution in [0.4, 0.5) is 5.69 Å². The van der Waals surface area contributed by atoms with Crippen molar-refractivity contribution in [3.8, 4) is 5.69 Å². The van der Waals surface area contributed by atoms with Crippen molar-refractivity contribution in [1.29, 1.82) is 0 Å². The number of nitrogens with one attached hydrogen (secondary N) is 1. The molecule has 27 heavy (non-hydrogen) atoms. The molecule has 0 saturated heterocycles. The van der Waals surface area contributed by atoms with Crippen LogP contribution in [0.25, 0.3) is 5.69 Å². The van der Waals surface area contributed by atoms with Gasteiger partial charge in [0.1, 0.15) is 0 Å². The van der Waals surface area contributed by atoms with Crippen LogP contribution in [0, 0.1) is 0 Å². The molecule has 1 aromatic heterocycles. The quantitative estimate of drug-likeness (QED) is 0.510. The van der Waals surface area contributed by atoms with Crippen LogP contribution >= 0.6 is 0 Å². The summed E-state index contributed by atoms with van der Waals surface area (Å²) in [5.41, 5.74) is 6.12. The van der Waals surface area contributed by atoms with Crippen LogP contribution in [0.2, 0.25) is 0 Å². The topological polar surface area (TPSA) is 49.6 Å². The standard InChI is InChI=1S/C22H24N4O/c1-3-25(4-2)19-13-11-18(12-14-19)17-23-24-22(27)20-9-5-6-10-21(20)26-15-7-8-16-26/h5-17H,3-4H2,1-2H3,(H,24,27). The number of benzene rings is 2. The Morgan fingerprint density at radius 3 is 2.33 bits per heavy atom. The third kappa shape index (κ3) is 4.44. The monoisotopic (exact) mass is 360 g/mol. The van der Waals surface area contributed by atoms with Crippen molar-refractivity contribution in [2.75, 3.05) is 18.0 Å². The van der Waals surface area contributed by atoms with Gasteiger partial charge in [-0.05, 0) is 55.8 Å². The molecule has 5 nitrogen and oxygen atoms in total. The average Bonchev–Trinajstić information content (AvgIpc) is 3.25. The highest BCUT2D eigenvalue weighted by atomic mass is 16.2. The Hall–Kier alpha value is -3.34. The zero-order valence-electron chi connectivity index (χ0n) is 15.7. The van der Waals surface area contributed by atoms with Crippen molar-refractivity contribution in [3.63, 3.8) is 0 Å². The summed E-state index contributed by atoms with van der Waals surface area (Å²) in [6.07, 6.45) is 5.47. The molecule has 0 aliphatic carbocycles. The molecule has 0 aliphatic rings. The maximum absolute atomic E-state index is 12.5. The first-order valence-corrected chi connectivity index (χ1v) is 9.13. The predicted octanol–water partition coefficient (Wildman–Crippen LogP) is 4.09. The van der Waals surface area contributed by atoms with Crippen molar-refractivity contribution in [3.05, 3.63) is 84.2 Å². The normalized spacial score (nSPS) is 10.9. The van der Waals surface area contributed by atoms with Crippen molar-refractivity contribution in [2.24, 2.45) is 5.10 Å². The van der Waals surface area contributed by atoms with Crippen LogP contribution < -0.4 is 10.3 Å². The van der Waals surface area contributed by atoms with Crippen LogP contribution in [0.3, 0.4) is 0 Å². The molecule has 0 aliphatic heterocycles. The lowest BCUT2D eigenvalue weighted by Gasteiger charge is -2.20. The Morgan fingerprint density at radius 2 is 1.67 bits per heavy atom. The lowest BCUT2D eigenvalue weighted by Crippen LogP contribution is -2.21. The summed E-state index contributed by atoms with van der Waals surface area (Å²) < 4.78 is 1.91. The number of rotatable bonds is 7. The Bertz CT molecular complexity index is 894. The van der Waals surface area contributed by atoms with E-state index in [0.717, 1.165) is 24.3 Å². The molecule has 1 heterocycles. The molecular formula is C22H24N4O. The summed E-state index contributed by atoms with van der Waals surface area (Å²) in [5, 5.41) is 4.11. The molecule has 3 rings (SSSR count). The third-order valence-corrected chi connectivity index (χ3v) is 4.43. The fraction of sp³-hybridized carbons (Fsp3) is 0.182. The van der Waals surface area contributed by atoms with E-state index in [2.05, 4.69) is 41.4 Å². The van der Waals surface area contributed by atoms with Gasteiger partial charge in [-0.3, -0.25) is 4.79 Å². The molecule has 5 heteroatoms. The number of para-hydroxylation sites is 1. The Labute approximate surface area is 159 Å². The third-order valence-electron chi connectivity index (χ3n) is 4.43. The van der Waals surface area contributed by atoms with Gasteiger partial charge < -0.3 is 9.47 Å². The number of nitrogens with zero attached hydrogens (tertiary/aromatic N) is 3. The molecule has 2 aromatic carbocycles. The minimum absolute atomic E-state index is 0.240. The number of hydrazone groups is 1. The fourth-order valence-electron chi connectivity index (χ4n) is 2.97. The molecule has 0 atom stereocenters. The number of carbonyl (C=O) groups excluding carboxylic acids is 1. The van der Waals surface area contributed by atoms with E-state index >= 15 is 0 Å². The molecule has 1 N–H and O–H groups in total. The summed E-state index contributed by atoms with van der Waals surface area (Å²) >= 11 is 0. The van der Waals surface area contributed by atoms with Gasteiger partial charge in [0, 0.05) is 31.2 Å². The highest BCUT2D eigenvalue weighted by molar-refractivity contribution is 5.98. The first-order valence-electron chi connectivity index (χ1n) is 9.13. The molecule has 0 radical (unpaired) electrons. The molecule has 1 amide bonds. The molecule has 0 spiro atoms. The van der Waals surface area contributed by atoms with Gasteiger partial charge in [0.25, 0.3) is 5.91 Å². The lowest BCUT2D eigenvalue weighted by atomic mass is 10.1. The van der Waals surface area contributed by atoms with E-state index in [1.807, 2.05) is 59.4 Å². The van der Waals surface area contributed by atoms with Gasteiger partial charge in [0.2, 0.25) is 0 Å². The predicted molar refractivity (Wildman–Crippen MR) is 111 cm³/mol. The van der Waals surface area contributed by atoms with Crippen LogP contribution in [-0.2, 0) is 0 Å². The largest absolute Gasteiger partial charge is 0.372 e.